The van der Waals surface area contributed by atoms with Gasteiger partial charge in [-0.1, -0.05) is 0 Å². The molecule has 122 valence electrons. The summed E-state index contributed by atoms with van der Waals surface area (Å²) >= 11 is 0. The number of hydrogen-bond donors (Lipinski definition) is 1. The van der Waals surface area contributed by atoms with E-state index in [2.05, 4.69) is 15.1 Å². The first kappa shape index (κ1) is 15.6. The molecular formula is C17H27N3O2. The molecule has 1 amide bonds. The topological polar surface area (TPSA) is 48.7 Å². The van der Waals surface area contributed by atoms with E-state index in [1.54, 1.807) is 6.26 Å². The molecule has 2 saturated heterocycles. The zero-order chi connectivity index (χ0) is 15.2. The third-order valence-electron chi connectivity index (χ3n) is 4.74. The van der Waals surface area contributed by atoms with Crippen molar-refractivity contribution in [2.75, 3.05) is 39.3 Å². The SMILES string of the molecule is O=C(CN1CCCC1)NCC1CCCN(Cc2ccoc2)C1. The summed E-state index contributed by atoms with van der Waals surface area (Å²) in [6, 6.07) is 2.03. The number of hydrogen-bond acceptors (Lipinski definition) is 4. The lowest BCUT2D eigenvalue weighted by Gasteiger charge is -2.32. The Morgan fingerprint density at radius 2 is 2.05 bits per heavy atom. The van der Waals surface area contributed by atoms with Crippen molar-refractivity contribution in [3.05, 3.63) is 24.2 Å². The fourth-order valence-electron chi connectivity index (χ4n) is 3.56. The average molecular weight is 305 g/mol. The molecule has 2 aliphatic heterocycles. The third kappa shape index (κ3) is 4.58. The second-order valence-corrected chi connectivity index (χ2v) is 6.66. The van der Waals surface area contributed by atoms with Gasteiger partial charge in [-0.15, -0.1) is 0 Å². The van der Waals surface area contributed by atoms with Gasteiger partial charge in [0.25, 0.3) is 0 Å². The molecule has 3 heterocycles. The minimum absolute atomic E-state index is 0.189. The number of carbonyl (C=O) groups is 1. The van der Waals surface area contributed by atoms with Gasteiger partial charge in [0.2, 0.25) is 5.91 Å². The zero-order valence-electron chi connectivity index (χ0n) is 13.3. The molecule has 2 aliphatic rings. The number of rotatable bonds is 6. The summed E-state index contributed by atoms with van der Waals surface area (Å²) in [7, 11) is 0. The van der Waals surface area contributed by atoms with Gasteiger partial charge in [0, 0.05) is 25.2 Å². The molecule has 1 aromatic heterocycles. The maximum Gasteiger partial charge on any atom is 0.234 e. The van der Waals surface area contributed by atoms with E-state index in [-0.39, 0.29) is 5.91 Å². The van der Waals surface area contributed by atoms with Crippen molar-refractivity contribution in [2.45, 2.75) is 32.2 Å². The van der Waals surface area contributed by atoms with Crippen LogP contribution < -0.4 is 5.32 Å². The lowest BCUT2D eigenvalue weighted by atomic mass is 9.97. The molecule has 0 aliphatic carbocycles. The number of nitrogens with zero attached hydrogens (tertiary/aromatic N) is 2. The van der Waals surface area contributed by atoms with E-state index in [0.29, 0.717) is 12.5 Å². The van der Waals surface area contributed by atoms with Gasteiger partial charge in [-0.25, -0.2) is 0 Å². The summed E-state index contributed by atoms with van der Waals surface area (Å²) in [6.45, 7) is 6.71. The van der Waals surface area contributed by atoms with Gasteiger partial charge >= 0.3 is 0 Å². The fourth-order valence-corrected chi connectivity index (χ4v) is 3.56. The van der Waals surface area contributed by atoms with Crippen LogP contribution in [0.1, 0.15) is 31.2 Å². The van der Waals surface area contributed by atoms with Crippen molar-refractivity contribution in [1.82, 2.24) is 15.1 Å². The Labute approximate surface area is 132 Å². The van der Waals surface area contributed by atoms with E-state index in [1.165, 1.54) is 31.2 Å². The first-order chi connectivity index (χ1) is 10.8. The Bertz CT molecular complexity index is 454. The quantitative estimate of drug-likeness (QED) is 0.869. The number of furan rings is 1. The van der Waals surface area contributed by atoms with Gasteiger partial charge in [-0.2, -0.15) is 0 Å². The lowest BCUT2D eigenvalue weighted by molar-refractivity contribution is -0.122. The molecule has 22 heavy (non-hydrogen) atoms. The van der Waals surface area contributed by atoms with Crippen LogP contribution in [-0.2, 0) is 11.3 Å². The van der Waals surface area contributed by atoms with Crippen LogP contribution in [0.2, 0.25) is 0 Å². The molecule has 1 unspecified atom stereocenters. The predicted octanol–water partition coefficient (Wildman–Crippen LogP) is 1.70. The normalized spacial score (nSPS) is 23.7. The van der Waals surface area contributed by atoms with E-state index >= 15 is 0 Å². The van der Waals surface area contributed by atoms with Crippen molar-refractivity contribution >= 4 is 5.91 Å². The Morgan fingerprint density at radius 3 is 2.82 bits per heavy atom. The van der Waals surface area contributed by atoms with E-state index in [9.17, 15) is 4.79 Å². The van der Waals surface area contributed by atoms with E-state index in [0.717, 1.165) is 39.3 Å². The van der Waals surface area contributed by atoms with Gasteiger partial charge in [0.1, 0.15) is 0 Å². The third-order valence-corrected chi connectivity index (χ3v) is 4.74. The highest BCUT2D eigenvalue weighted by Gasteiger charge is 2.21. The molecule has 1 N–H and O–H groups in total. The van der Waals surface area contributed by atoms with Crippen LogP contribution in [0.3, 0.4) is 0 Å². The number of carbonyl (C=O) groups excluding carboxylic acids is 1. The highest BCUT2D eigenvalue weighted by Crippen LogP contribution is 2.18. The van der Waals surface area contributed by atoms with E-state index < -0.39 is 0 Å². The summed E-state index contributed by atoms with van der Waals surface area (Å²) in [4.78, 5) is 16.7. The van der Waals surface area contributed by atoms with Crippen molar-refractivity contribution in [3.8, 4) is 0 Å². The monoisotopic (exact) mass is 305 g/mol. The Morgan fingerprint density at radius 1 is 1.23 bits per heavy atom. The van der Waals surface area contributed by atoms with Gasteiger partial charge in [0.05, 0.1) is 19.1 Å². The largest absolute Gasteiger partial charge is 0.472 e. The lowest BCUT2D eigenvalue weighted by Crippen LogP contribution is -2.42. The molecule has 0 spiro atoms. The molecular weight excluding hydrogens is 278 g/mol. The van der Waals surface area contributed by atoms with Crippen LogP contribution in [0, 0.1) is 5.92 Å². The summed E-state index contributed by atoms with van der Waals surface area (Å²) in [5.41, 5.74) is 1.23. The predicted molar refractivity (Wildman–Crippen MR) is 85.4 cm³/mol. The molecule has 1 aromatic rings. The van der Waals surface area contributed by atoms with Crippen LogP contribution >= 0.6 is 0 Å². The summed E-state index contributed by atoms with van der Waals surface area (Å²) in [6.07, 6.45) is 8.45. The van der Waals surface area contributed by atoms with Crippen LogP contribution in [0.5, 0.6) is 0 Å². The number of likely N-dealkylation sites (tertiary alicyclic amines) is 2. The van der Waals surface area contributed by atoms with Gasteiger partial charge in [-0.3, -0.25) is 14.6 Å². The molecule has 3 rings (SSSR count). The standard InChI is InChI=1S/C17H27N3O2/c21-17(13-19-6-1-2-7-19)18-10-15-4-3-8-20(11-15)12-16-5-9-22-14-16/h5,9,14-15H,1-4,6-8,10-13H2,(H,18,21). The van der Waals surface area contributed by atoms with Crippen LogP contribution in [0.25, 0.3) is 0 Å². The number of nitrogens with one attached hydrogen (secondary N) is 1. The zero-order valence-corrected chi connectivity index (χ0v) is 13.3. The fraction of sp³-hybridized carbons (Fsp3) is 0.706. The summed E-state index contributed by atoms with van der Waals surface area (Å²) in [5.74, 6) is 0.761. The van der Waals surface area contributed by atoms with Crippen molar-refractivity contribution < 1.29 is 9.21 Å². The summed E-state index contributed by atoms with van der Waals surface area (Å²) in [5, 5.41) is 3.13. The van der Waals surface area contributed by atoms with Crippen molar-refractivity contribution in [3.63, 3.8) is 0 Å². The average Bonchev–Trinajstić information content (AvgIpc) is 3.19. The first-order valence-corrected chi connectivity index (χ1v) is 8.52. The second kappa shape index (κ2) is 7.79. The Balaban J connectivity index is 1.37. The van der Waals surface area contributed by atoms with Crippen molar-refractivity contribution in [1.29, 1.82) is 0 Å². The Kier molecular flexibility index (Phi) is 5.51. The highest BCUT2D eigenvalue weighted by molar-refractivity contribution is 5.78. The van der Waals surface area contributed by atoms with E-state index in [4.69, 9.17) is 4.42 Å². The van der Waals surface area contributed by atoms with Crippen LogP contribution in [-0.4, -0.2) is 55.0 Å². The smallest absolute Gasteiger partial charge is 0.234 e. The summed E-state index contributed by atoms with van der Waals surface area (Å²) < 4.78 is 5.14. The maximum absolute atomic E-state index is 12.0. The van der Waals surface area contributed by atoms with Crippen LogP contribution in [0.15, 0.2) is 23.0 Å². The highest BCUT2D eigenvalue weighted by atomic mass is 16.3. The minimum Gasteiger partial charge on any atom is -0.472 e. The number of amides is 1. The molecule has 0 bridgehead atoms. The van der Waals surface area contributed by atoms with Crippen LogP contribution in [0.4, 0.5) is 0 Å². The second-order valence-electron chi connectivity index (χ2n) is 6.66. The molecule has 0 saturated carbocycles. The minimum atomic E-state index is 0.189. The molecule has 0 aromatic carbocycles. The molecule has 0 radical (unpaired) electrons. The molecule has 2 fully saturated rings. The van der Waals surface area contributed by atoms with Gasteiger partial charge in [-0.05, 0) is 57.3 Å². The molecule has 5 heteroatoms. The van der Waals surface area contributed by atoms with Crippen molar-refractivity contribution in [2.24, 2.45) is 5.92 Å². The molecule has 1 atom stereocenters. The van der Waals surface area contributed by atoms with Gasteiger partial charge < -0.3 is 9.73 Å². The van der Waals surface area contributed by atoms with E-state index in [1.807, 2.05) is 12.3 Å². The number of piperidine rings is 1. The van der Waals surface area contributed by atoms with Gasteiger partial charge in [0.15, 0.2) is 0 Å². The maximum atomic E-state index is 12.0. The molecule has 5 nitrogen and oxygen atoms in total. The first-order valence-electron chi connectivity index (χ1n) is 8.52. The Hall–Kier alpha value is -1.33.